The summed E-state index contributed by atoms with van der Waals surface area (Å²) >= 11 is 5.32. The lowest BCUT2D eigenvalue weighted by atomic mass is 9.91. The SMILES string of the molecule is COC(CNCC(=O)NCCc1ccccc1)OC.Cn1c(N2CC(=O)N3CCc4ccccc4C3C2)nc(-c2ccncc2)cc1=O.NCCc1ccccc1.O=C(CCl)NCCc1ccccc1.O=C1CNCC2c3ccccc3CCN12. The summed E-state index contributed by atoms with van der Waals surface area (Å²) in [6, 6.07) is 52.5. The summed E-state index contributed by atoms with van der Waals surface area (Å²) < 4.78 is 11.5. The minimum absolute atomic E-state index is 0.0253. The molecule has 85 heavy (non-hydrogen) atoms. The highest BCUT2D eigenvalue weighted by molar-refractivity contribution is 6.27. The van der Waals surface area contributed by atoms with Gasteiger partial charge in [0.05, 0.1) is 37.4 Å². The number of alkyl halides is 1. The Morgan fingerprint density at radius 2 is 1.20 bits per heavy atom. The summed E-state index contributed by atoms with van der Waals surface area (Å²) in [6.45, 7) is 6.61. The van der Waals surface area contributed by atoms with E-state index in [0.717, 1.165) is 63.8 Å². The molecule has 5 aromatic carbocycles. The number of pyridine rings is 1. The predicted octanol–water partition coefficient (Wildman–Crippen LogP) is 5.83. The van der Waals surface area contributed by atoms with Crippen LogP contribution < -0.4 is 37.5 Å². The quantitative estimate of drug-likeness (QED) is 0.0537. The molecule has 2 saturated heterocycles. The molecule has 2 unspecified atom stereocenters. The van der Waals surface area contributed by atoms with Gasteiger partial charge in [0, 0.05) is 91.1 Å². The maximum absolute atomic E-state index is 12.9. The fraction of sp³-hybridized carbons (Fsp3) is 0.348. The molecule has 2 aromatic heterocycles. The van der Waals surface area contributed by atoms with Gasteiger partial charge in [-0.1, -0.05) is 140 Å². The first-order valence-corrected chi connectivity index (χ1v) is 29.4. The van der Waals surface area contributed by atoms with E-state index in [1.54, 1.807) is 33.7 Å². The van der Waals surface area contributed by atoms with Crippen molar-refractivity contribution < 1.29 is 28.7 Å². The van der Waals surface area contributed by atoms with Crippen LogP contribution in [0.15, 0.2) is 175 Å². The van der Waals surface area contributed by atoms with Crippen LogP contribution in [0.25, 0.3) is 11.3 Å². The normalized spacial score (nSPS) is 15.5. The molecule has 0 radical (unpaired) electrons. The monoisotopic (exact) mass is 1170 g/mol. The van der Waals surface area contributed by atoms with E-state index in [4.69, 9.17) is 31.8 Å². The van der Waals surface area contributed by atoms with Gasteiger partial charge in [-0.15, -0.1) is 11.6 Å². The molecule has 4 amide bonds. The average molecular weight is 1170 g/mol. The second kappa shape index (κ2) is 34.6. The predicted molar refractivity (Wildman–Crippen MR) is 334 cm³/mol. The zero-order valence-corrected chi connectivity index (χ0v) is 49.7. The Kier molecular flexibility index (Phi) is 26.3. The first kappa shape index (κ1) is 64.5. The van der Waals surface area contributed by atoms with Crippen molar-refractivity contribution in [1.29, 1.82) is 0 Å². The number of carbonyl (C=O) groups excluding carboxylic acids is 4. The summed E-state index contributed by atoms with van der Waals surface area (Å²) in [5.41, 5.74) is 15.6. The number of halogens is 1. The third-order valence-corrected chi connectivity index (χ3v) is 15.1. The third-order valence-electron chi connectivity index (χ3n) is 14.8. The molecule has 18 nitrogen and oxygen atoms in total. The Morgan fingerprint density at radius 3 is 1.75 bits per heavy atom. The summed E-state index contributed by atoms with van der Waals surface area (Å²) in [5.74, 6) is 0.717. The molecule has 4 aliphatic rings. The molecule has 0 saturated carbocycles. The standard InChI is InChI=1S/C22H21N5O2.C14H22N2O3.C12H14N2O.C10H12ClNO.C8H11N/c1-25-20(28)12-18(16-6-9-23-10-7-16)24-22(25)26-13-19-17-5-3-2-4-15(17)8-11-27(19)21(29)14-26;1-18-14(19-2)11-15-10-13(17)16-9-8-12-6-4-3-5-7-12;15-12-8-13-7-11-10-4-2-1-3-9(10)5-6-14(11)12;11-8-10(13)12-7-6-9-4-2-1-3-5-9;9-7-6-8-4-2-1-3-5-8/h2-7,9-10,12,19H,8,11,13-14H2,1H3;3-7,14-15H,8-11H2,1-2H3,(H,16,17);1-4,11,13H,5-8H2;1-5H,6-8H2,(H,12,13);1-5H,6-7,9H2. The van der Waals surface area contributed by atoms with E-state index < -0.39 is 0 Å². The van der Waals surface area contributed by atoms with E-state index >= 15 is 0 Å². The van der Waals surface area contributed by atoms with Crippen molar-refractivity contribution >= 4 is 41.2 Å². The van der Waals surface area contributed by atoms with Crippen LogP contribution >= 0.6 is 11.6 Å². The lowest BCUT2D eigenvalue weighted by molar-refractivity contribution is -0.135. The highest BCUT2D eigenvalue weighted by Crippen LogP contribution is 2.35. The van der Waals surface area contributed by atoms with E-state index in [-0.39, 0.29) is 66.5 Å². The Balaban J connectivity index is 0.000000161. The molecular weight excluding hydrogens is 1090 g/mol. The molecular formula is C66H80ClN11O7. The number of nitrogens with zero attached hydrogens (tertiary/aromatic N) is 6. The van der Waals surface area contributed by atoms with Crippen molar-refractivity contribution in [1.82, 2.24) is 45.6 Å². The van der Waals surface area contributed by atoms with Crippen LogP contribution in [0.4, 0.5) is 5.95 Å². The average Bonchev–Trinajstić information content (AvgIpc) is 2.58. The third kappa shape index (κ3) is 19.7. The van der Waals surface area contributed by atoms with Gasteiger partial charge < -0.3 is 51.2 Å². The second-order valence-corrected chi connectivity index (χ2v) is 20.8. The zero-order valence-electron chi connectivity index (χ0n) is 48.9. The number of aromatic nitrogens is 3. The van der Waals surface area contributed by atoms with E-state index in [9.17, 15) is 24.0 Å². The van der Waals surface area contributed by atoms with Crippen molar-refractivity contribution in [3.05, 3.63) is 219 Å². The number of piperazine rings is 2. The van der Waals surface area contributed by atoms with Gasteiger partial charge in [-0.05, 0) is 89.7 Å². The number of benzene rings is 5. The summed E-state index contributed by atoms with van der Waals surface area (Å²) in [5, 5.41) is 11.7. The second-order valence-electron chi connectivity index (χ2n) is 20.6. The minimum atomic E-state index is -0.322. The number of fused-ring (bicyclic) bond motifs is 6. The molecule has 11 rings (SSSR count). The van der Waals surface area contributed by atoms with Crippen LogP contribution in [-0.2, 0) is 67.8 Å². The number of methoxy groups -OCH3 is 2. The van der Waals surface area contributed by atoms with Gasteiger partial charge in [0.1, 0.15) is 5.88 Å². The van der Waals surface area contributed by atoms with Gasteiger partial charge in [-0.3, -0.25) is 33.5 Å². The molecule has 4 aliphatic heterocycles. The van der Waals surface area contributed by atoms with Gasteiger partial charge in [-0.2, -0.15) is 0 Å². The number of hydrogen-bond donors (Lipinski definition) is 5. The number of anilines is 1. The fourth-order valence-electron chi connectivity index (χ4n) is 10.4. The lowest BCUT2D eigenvalue weighted by Gasteiger charge is -2.45. The Labute approximate surface area is 504 Å². The number of rotatable bonds is 17. The van der Waals surface area contributed by atoms with Gasteiger partial charge in [0.25, 0.3) is 5.56 Å². The first-order valence-electron chi connectivity index (χ1n) is 28.9. The first-order chi connectivity index (χ1) is 41.5. The van der Waals surface area contributed by atoms with E-state index in [1.165, 1.54) is 49.6 Å². The van der Waals surface area contributed by atoms with E-state index in [2.05, 4.69) is 74.8 Å². The molecule has 19 heteroatoms. The maximum Gasteiger partial charge on any atom is 0.255 e. The Bertz CT molecular complexity index is 3230. The van der Waals surface area contributed by atoms with E-state index in [1.807, 2.05) is 118 Å². The zero-order chi connectivity index (χ0) is 60.2. The number of amides is 4. The smallest absolute Gasteiger partial charge is 0.255 e. The van der Waals surface area contributed by atoms with Crippen LogP contribution in [0.2, 0.25) is 0 Å². The summed E-state index contributed by atoms with van der Waals surface area (Å²) in [6.07, 6.45) is 7.59. The molecule has 6 N–H and O–H groups in total. The number of carbonyl (C=O) groups is 4. The molecule has 0 bridgehead atoms. The van der Waals surface area contributed by atoms with Crippen molar-refractivity contribution in [2.75, 3.05) is 97.0 Å². The lowest BCUT2D eigenvalue weighted by Crippen LogP contribution is -2.55. The number of nitrogens with one attached hydrogen (secondary N) is 4. The van der Waals surface area contributed by atoms with Gasteiger partial charge >= 0.3 is 0 Å². The highest BCUT2D eigenvalue weighted by Gasteiger charge is 2.38. The van der Waals surface area contributed by atoms with Crippen molar-refractivity contribution in [3.8, 4) is 11.3 Å². The van der Waals surface area contributed by atoms with E-state index in [0.29, 0.717) is 44.4 Å². The Hall–Kier alpha value is -8.10. The number of hydrogen-bond acceptors (Lipinski definition) is 13. The number of nitrogens with two attached hydrogens (primary N) is 1. The van der Waals surface area contributed by atoms with Gasteiger partial charge in [0.2, 0.25) is 29.6 Å². The molecule has 0 spiro atoms. The fourth-order valence-corrected chi connectivity index (χ4v) is 10.5. The minimum Gasteiger partial charge on any atom is -0.355 e. The summed E-state index contributed by atoms with van der Waals surface area (Å²) in [4.78, 5) is 74.2. The van der Waals surface area contributed by atoms with Crippen molar-refractivity contribution in [3.63, 3.8) is 0 Å². The molecule has 0 aliphatic carbocycles. The Morgan fingerprint density at radius 1 is 0.682 bits per heavy atom. The summed E-state index contributed by atoms with van der Waals surface area (Å²) in [7, 11) is 4.83. The number of ether oxygens (including phenoxy) is 2. The molecule has 6 heterocycles. The molecule has 7 aromatic rings. The van der Waals surface area contributed by atoms with Crippen LogP contribution in [-0.4, -0.2) is 146 Å². The molecule has 2 fully saturated rings. The van der Waals surface area contributed by atoms with Crippen LogP contribution in [0, 0.1) is 0 Å². The van der Waals surface area contributed by atoms with Crippen LogP contribution in [0.5, 0.6) is 0 Å². The van der Waals surface area contributed by atoms with Crippen molar-refractivity contribution in [2.45, 2.75) is 50.5 Å². The van der Waals surface area contributed by atoms with Gasteiger partial charge in [0.15, 0.2) is 6.29 Å². The molecule has 2 atom stereocenters. The maximum atomic E-state index is 12.9. The molecule has 448 valence electrons. The van der Waals surface area contributed by atoms with Gasteiger partial charge in [-0.25, -0.2) is 4.98 Å². The van der Waals surface area contributed by atoms with Crippen LogP contribution in [0.3, 0.4) is 0 Å². The largest absolute Gasteiger partial charge is 0.355 e. The topological polar surface area (TPSA) is 218 Å². The van der Waals surface area contributed by atoms with Crippen molar-refractivity contribution in [2.24, 2.45) is 12.8 Å². The van der Waals surface area contributed by atoms with Crippen LogP contribution in [0.1, 0.15) is 51.0 Å². The highest BCUT2D eigenvalue weighted by atomic mass is 35.5.